The zero-order chi connectivity index (χ0) is 14.9. The highest BCUT2D eigenvalue weighted by Crippen LogP contribution is 2.29. The average molecular weight is 278 g/mol. The highest BCUT2D eigenvalue weighted by molar-refractivity contribution is 6.15. The predicted molar refractivity (Wildman–Crippen MR) is 72.1 cm³/mol. The summed E-state index contributed by atoms with van der Waals surface area (Å²) in [6.07, 6.45) is 0.139. The second-order valence-electron chi connectivity index (χ2n) is 4.81. The second-order valence-corrected chi connectivity index (χ2v) is 4.81. The maximum Gasteiger partial charge on any atom is 0.303 e. The molecule has 1 aliphatic heterocycles. The first kappa shape index (κ1) is 14.2. The molecule has 0 bridgehead atoms. The molecule has 6 heteroatoms. The average Bonchev–Trinajstić information content (AvgIpc) is 2.62. The van der Waals surface area contributed by atoms with E-state index < -0.39 is 11.9 Å². The predicted octanol–water partition coefficient (Wildman–Crippen LogP) is 2.34. The summed E-state index contributed by atoms with van der Waals surface area (Å²) >= 11 is 0. The molecule has 1 unspecified atom stereocenters. The van der Waals surface area contributed by atoms with Crippen molar-refractivity contribution < 1.29 is 19.1 Å². The van der Waals surface area contributed by atoms with E-state index in [9.17, 15) is 14.0 Å². The molecule has 0 fully saturated rings. The van der Waals surface area contributed by atoms with Gasteiger partial charge in [-0.25, -0.2) is 4.39 Å². The Balaban J connectivity index is 2.23. The van der Waals surface area contributed by atoms with Crippen molar-refractivity contribution in [3.05, 3.63) is 29.6 Å². The van der Waals surface area contributed by atoms with Crippen molar-refractivity contribution in [2.75, 3.05) is 5.01 Å². The molecule has 1 N–H and O–H groups in total. The zero-order valence-corrected chi connectivity index (χ0v) is 11.3. The molecule has 1 aromatic carbocycles. The molecule has 0 saturated carbocycles. The maximum absolute atomic E-state index is 13.1. The van der Waals surface area contributed by atoms with Gasteiger partial charge in [-0.1, -0.05) is 0 Å². The van der Waals surface area contributed by atoms with Crippen LogP contribution in [0.4, 0.5) is 10.1 Å². The van der Waals surface area contributed by atoms with Crippen molar-refractivity contribution in [3.8, 4) is 0 Å². The van der Waals surface area contributed by atoms with Crippen LogP contribution in [0.3, 0.4) is 0 Å². The fourth-order valence-electron chi connectivity index (χ4n) is 2.23. The molecule has 2 rings (SSSR count). The third-order valence-corrected chi connectivity index (χ3v) is 3.30. The molecule has 1 amide bonds. The number of benzene rings is 1. The van der Waals surface area contributed by atoms with Crippen LogP contribution in [-0.4, -0.2) is 22.7 Å². The Morgan fingerprint density at radius 2 is 2.15 bits per heavy atom. The van der Waals surface area contributed by atoms with Gasteiger partial charge < -0.3 is 5.11 Å². The van der Waals surface area contributed by atoms with Crippen molar-refractivity contribution >= 4 is 23.3 Å². The quantitative estimate of drug-likeness (QED) is 0.919. The van der Waals surface area contributed by atoms with Crippen molar-refractivity contribution in [2.45, 2.75) is 26.7 Å². The molecule has 20 heavy (non-hydrogen) atoms. The third kappa shape index (κ3) is 2.68. The molecule has 0 radical (unpaired) electrons. The zero-order valence-electron chi connectivity index (χ0n) is 11.3. The SMILES string of the molecule is CC1=NN(c2ccc(F)cc2C)C(=O)C1CCC(=O)O. The highest BCUT2D eigenvalue weighted by Gasteiger charge is 2.34. The van der Waals surface area contributed by atoms with Gasteiger partial charge >= 0.3 is 5.97 Å². The lowest BCUT2D eigenvalue weighted by Crippen LogP contribution is -2.28. The summed E-state index contributed by atoms with van der Waals surface area (Å²) in [5.41, 5.74) is 1.71. The first-order valence-corrected chi connectivity index (χ1v) is 6.27. The Morgan fingerprint density at radius 1 is 1.45 bits per heavy atom. The lowest BCUT2D eigenvalue weighted by atomic mass is 9.98. The van der Waals surface area contributed by atoms with E-state index in [1.165, 1.54) is 23.2 Å². The third-order valence-electron chi connectivity index (χ3n) is 3.30. The van der Waals surface area contributed by atoms with Crippen LogP contribution in [-0.2, 0) is 9.59 Å². The lowest BCUT2D eigenvalue weighted by molar-refractivity contribution is -0.137. The Morgan fingerprint density at radius 3 is 2.75 bits per heavy atom. The second kappa shape index (κ2) is 5.40. The molecule has 0 spiro atoms. The molecule has 0 saturated heterocycles. The molecular formula is C14H15FN2O3. The van der Waals surface area contributed by atoms with Gasteiger partial charge in [0.2, 0.25) is 0 Å². The smallest absolute Gasteiger partial charge is 0.303 e. The number of halogens is 1. The van der Waals surface area contributed by atoms with Gasteiger partial charge in [0.25, 0.3) is 5.91 Å². The number of hydrogen-bond acceptors (Lipinski definition) is 3. The van der Waals surface area contributed by atoms with Crippen molar-refractivity contribution in [2.24, 2.45) is 11.0 Å². The fourth-order valence-corrected chi connectivity index (χ4v) is 2.23. The van der Waals surface area contributed by atoms with Gasteiger partial charge in [0.1, 0.15) is 5.82 Å². The number of nitrogens with zero attached hydrogens (tertiary/aromatic N) is 2. The van der Waals surface area contributed by atoms with E-state index in [0.717, 1.165) is 0 Å². The van der Waals surface area contributed by atoms with Crippen LogP contribution < -0.4 is 5.01 Å². The topological polar surface area (TPSA) is 70.0 Å². The standard InChI is InChI=1S/C14H15FN2O3/c1-8-7-10(15)3-5-12(8)17-14(20)11(9(2)16-17)4-6-13(18)19/h3,5,7,11H,4,6H2,1-2H3,(H,18,19). The van der Waals surface area contributed by atoms with E-state index in [-0.39, 0.29) is 24.6 Å². The summed E-state index contributed by atoms with van der Waals surface area (Å²) in [6.45, 7) is 3.39. The number of carboxylic acids is 1. The van der Waals surface area contributed by atoms with E-state index in [2.05, 4.69) is 5.10 Å². The number of carbonyl (C=O) groups is 2. The van der Waals surface area contributed by atoms with Crippen LogP contribution in [0.2, 0.25) is 0 Å². The summed E-state index contributed by atoms with van der Waals surface area (Å²) in [7, 11) is 0. The molecule has 1 heterocycles. The van der Waals surface area contributed by atoms with Gasteiger partial charge in [-0.2, -0.15) is 10.1 Å². The first-order chi connectivity index (χ1) is 9.40. The minimum Gasteiger partial charge on any atom is -0.481 e. The largest absolute Gasteiger partial charge is 0.481 e. The number of aliphatic carboxylic acids is 1. The molecular weight excluding hydrogens is 263 g/mol. The van der Waals surface area contributed by atoms with Crippen molar-refractivity contribution in [3.63, 3.8) is 0 Å². The molecule has 5 nitrogen and oxygen atoms in total. The number of rotatable bonds is 4. The Hall–Kier alpha value is -2.24. The summed E-state index contributed by atoms with van der Waals surface area (Å²) in [5, 5.41) is 14.1. The molecule has 1 atom stereocenters. The van der Waals surface area contributed by atoms with E-state index in [0.29, 0.717) is 17.0 Å². The number of amides is 1. The molecule has 106 valence electrons. The van der Waals surface area contributed by atoms with E-state index >= 15 is 0 Å². The number of carboxylic acid groups (broad SMARTS) is 1. The Kier molecular flexibility index (Phi) is 3.83. The van der Waals surface area contributed by atoms with E-state index in [1.54, 1.807) is 13.8 Å². The number of hydrogen-bond donors (Lipinski definition) is 1. The monoisotopic (exact) mass is 278 g/mol. The number of carbonyl (C=O) groups excluding carboxylic acids is 1. The van der Waals surface area contributed by atoms with Gasteiger partial charge in [0.15, 0.2) is 0 Å². The molecule has 0 aromatic heterocycles. The minimum atomic E-state index is -0.943. The maximum atomic E-state index is 13.1. The summed E-state index contributed by atoms with van der Waals surface area (Å²) < 4.78 is 13.1. The first-order valence-electron chi connectivity index (χ1n) is 6.27. The summed E-state index contributed by atoms with van der Waals surface area (Å²) in [4.78, 5) is 22.9. The molecule has 1 aliphatic rings. The van der Waals surface area contributed by atoms with Crippen molar-refractivity contribution in [1.29, 1.82) is 0 Å². The Bertz CT molecular complexity index is 598. The molecule has 1 aromatic rings. The summed E-state index contributed by atoms with van der Waals surface area (Å²) in [6, 6.07) is 4.10. The highest BCUT2D eigenvalue weighted by atomic mass is 19.1. The van der Waals surface area contributed by atoms with Crippen LogP contribution >= 0.6 is 0 Å². The van der Waals surface area contributed by atoms with Gasteiger partial charge in [-0.15, -0.1) is 0 Å². The van der Waals surface area contributed by atoms with Gasteiger partial charge in [0, 0.05) is 12.1 Å². The normalized spacial score (nSPS) is 18.4. The lowest BCUT2D eigenvalue weighted by Gasteiger charge is -2.16. The Labute approximate surface area is 115 Å². The van der Waals surface area contributed by atoms with Gasteiger partial charge in [-0.05, 0) is 44.0 Å². The van der Waals surface area contributed by atoms with Crippen LogP contribution in [0, 0.1) is 18.7 Å². The number of hydrazone groups is 1. The van der Waals surface area contributed by atoms with Gasteiger partial charge in [0.05, 0.1) is 11.6 Å². The van der Waals surface area contributed by atoms with Crippen LogP contribution in [0.25, 0.3) is 0 Å². The van der Waals surface area contributed by atoms with Crippen LogP contribution in [0.5, 0.6) is 0 Å². The van der Waals surface area contributed by atoms with Gasteiger partial charge in [-0.3, -0.25) is 9.59 Å². The fraction of sp³-hybridized carbons (Fsp3) is 0.357. The van der Waals surface area contributed by atoms with E-state index in [1.807, 2.05) is 0 Å². The van der Waals surface area contributed by atoms with Crippen molar-refractivity contribution in [1.82, 2.24) is 0 Å². The van der Waals surface area contributed by atoms with E-state index in [4.69, 9.17) is 5.11 Å². The number of anilines is 1. The molecule has 0 aliphatic carbocycles. The number of aryl methyl sites for hydroxylation is 1. The van der Waals surface area contributed by atoms with Crippen LogP contribution in [0.15, 0.2) is 23.3 Å². The summed E-state index contributed by atoms with van der Waals surface area (Å²) in [5.74, 6) is -2.10. The van der Waals surface area contributed by atoms with Crippen LogP contribution in [0.1, 0.15) is 25.3 Å². The minimum absolute atomic E-state index is 0.0838.